The highest BCUT2D eigenvalue weighted by molar-refractivity contribution is 5.61. The highest BCUT2D eigenvalue weighted by Gasteiger charge is 2.26. The topological polar surface area (TPSA) is 130 Å². The largest absolute Gasteiger partial charge is 0.472 e. The summed E-state index contributed by atoms with van der Waals surface area (Å²) < 4.78 is 11.6. The molecule has 0 unspecified atom stereocenters. The summed E-state index contributed by atoms with van der Waals surface area (Å²) in [5.41, 5.74) is 0.999. The molecule has 1 saturated heterocycles. The summed E-state index contributed by atoms with van der Waals surface area (Å²) >= 11 is 0. The van der Waals surface area contributed by atoms with Crippen molar-refractivity contribution in [1.29, 1.82) is 5.26 Å². The van der Waals surface area contributed by atoms with Crippen molar-refractivity contribution in [2.75, 3.05) is 36.9 Å². The Balaban J connectivity index is 1.47. The fraction of sp³-hybridized carbons (Fsp3) is 0.471. The average molecular weight is 368 g/mol. The third kappa shape index (κ3) is 4.78. The lowest BCUT2D eigenvalue weighted by Crippen LogP contribution is -2.42. The Kier molecular flexibility index (Phi) is 5.22. The summed E-state index contributed by atoms with van der Waals surface area (Å²) in [6.45, 7) is 3.02. The summed E-state index contributed by atoms with van der Waals surface area (Å²) in [7, 11) is 0. The number of nitriles is 1. The second-order valence-electron chi connectivity index (χ2n) is 6.37. The average Bonchev–Trinajstić information content (AvgIpc) is 3.53. The number of anilines is 3. The molecule has 1 aliphatic carbocycles. The van der Waals surface area contributed by atoms with Gasteiger partial charge in [0.15, 0.2) is 11.5 Å². The van der Waals surface area contributed by atoms with Gasteiger partial charge in [0.25, 0.3) is 5.88 Å². The molecule has 27 heavy (non-hydrogen) atoms. The van der Waals surface area contributed by atoms with Gasteiger partial charge in [-0.15, -0.1) is 10.2 Å². The van der Waals surface area contributed by atoms with Gasteiger partial charge in [0.05, 0.1) is 25.1 Å². The number of morpholine rings is 1. The predicted molar refractivity (Wildman–Crippen MR) is 96.8 cm³/mol. The van der Waals surface area contributed by atoms with E-state index in [0.717, 1.165) is 31.6 Å². The molecule has 10 nitrogen and oxygen atoms in total. The molecule has 0 bridgehead atoms. The van der Waals surface area contributed by atoms with Crippen molar-refractivity contribution in [3.05, 3.63) is 24.2 Å². The van der Waals surface area contributed by atoms with Crippen LogP contribution in [0.5, 0.6) is 5.88 Å². The molecule has 0 radical (unpaired) electrons. The first-order chi connectivity index (χ1) is 13.3. The number of nitrogens with zero attached hydrogens (tertiary/aromatic N) is 5. The Morgan fingerprint density at radius 2 is 2.19 bits per heavy atom. The van der Waals surface area contributed by atoms with E-state index in [2.05, 4.69) is 36.1 Å². The van der Waals surface area contributed by atoms with Crippen molar-refractivity contribution < 1.29 is 9.47 Å². The molecule has 2 fully saturated rings. The van der Waals surface area contributed by atoms with Gasteiger partial charge in [-0.1, -0.05) is 0 Å². The first-order valence-electron chi connectivity index (χ1n) is 8.90. The molecule has 2 aromatic rings. The zero-order valence-electron chi connectivity index (χ0n) is 14.7. The minimum Gasteiger partial charge on any atom is -0.472 e. The van der Waals surface area contributed by atoms with Gasteiger partial charge < -0.3 is 25.4 Å². The lowest BCUT2D eigenvalue weighted by molar-refractivity contribution is 0.0372. The standard InChI is InChI=1S/C17H20N8O2/c18-6-11-7-22-16(10-20-11)23-15-5-14(17(25-24-15)27-12-1-2-12)21-9-13-8-19-3-4-26-13/h5,7,10,12-13,19H,1-4,8-9H2,(H2,21,22,23,24)/t13-/m1/s1. The van der Waals surface area contributed by atoms with Gasteiger partial charge in [-0.25, -0.2) is 9.97 Å². The Bertz CT molecular complexity index is 813. The first kappa shape index (κ1) is 17.4. The van der Waals surface area contributed by atoms with Crippen LogP contribution in [0.15, 0.2) is 18.5 Å². The predicted octanol–water partition coefficient (Wildman–Crippen LogP) is 0.823. The van der Waals surface area contributed by atoms with Crippen LogP contribution in [0.4, 0.5) is 17.3 Å². The number of hydrogen-bond donors (Lipinski definition) is 3. The van der Waals surface area contributed by atoms with Crippen LogP contribution >= 0.6 is 0 Å². The van der Waals surface area contributed by atoms with E-state index >= 15 is 0 Å². The molecule has 1 saturated carbocycles. The minimum absolute atomic E-state index is 0.0847. The van der Waals surface area contributed by atoms with E-state index < -0.39 is 0 Å². The summed E-state index contributed by atoms with van der Waals surface area (Å²) in [4.78, 5) is 8.11. The molecule has 3 heterocycles. The molecule has 140 valence electrons. The van der Waals surface area contributed by atoms with E-state index in [9.17, 15) is 0 Å². The van der Waals surface area contributed by atoms with Crippen molar-refractivity contribution in [1.82, 2.24) is 25.5 Å². The summed E-state index contributed by atoms with van der Waals surface area (Å²) in [5.74, 6) is 1.46. The van der Waals surface area contributed by atoms with Crippen LogP contribution in [-0.2, 0) is 4.74 Å². The fourth-order valence-corrected chi connectivity index (χ4v) is 2.56. The highest BCUT2D eigenvalue weighted by Crippen LogP contribution is 2.31. The number of nitrogens with one attached hydrogen (secondary N) is 3. The second-order valence-corrected chi connectivity index (χ2v) is 6.37. The summed E-state index contributed by atoms with van der Waals surface area (Å²) in [5, 5.41) is 26.8. The van der Waals surface area contributed by atoms with E-state index in [1.54, 1.807) is 0 Å². The Labute approximate surface area is 156 Å². The molecular formula is C17H20N8O2. The van der Waals surface area contributed by atoms with Crippen LogP contribution in [0.3, 0.4) is 0 Å². The number of rotatable bonds is 7. The van der Waals surface area contributed by atoms with Crippen molar-refractivity contribution in [3.63, 3.8) is 0 Å². The summed E-state index contributed by atoms with van der Waals surface area (Å²) in [6, 6.07) is 3.75. The molecule has 1 aliphatic heterocycles. The smallest absolute Gasteiger partial charge is 0.257 e. The zero-order chi connectivity index (χ0) is 18.5. The van der Waals surface area contributed by atoms with E-state index in [-0.39, 0.29) is 17.9 Å². The van der Waals surface area contributed by atoms with Crippen LogP contribution in [0, 0.1) is 11.3 Å². The number of aromatic nitrogens is 4. The van der Waals surface area contributed by atoms with Crippen LogP contribution in [-0.4, -0.2) is 58.6 Å². The van der Waals surface area contributed by atoms with Crippen molar-refractivity contribution >= 4 is 17.3 Å². The monoisotopic (exact) mass is 368 g/mol. The maximum atomic E-state index is 8.80. The van der Waals surface area contributed by atoms with Crippen LogP contribution < -0.4 is 20.7 Å². The maximum Gasteiger partial charge on any atom is 0.257 e. The third-order valence-electron chi connectivity index (χ3n) is 4.11. The normalized spacial score (nSPS) is 19.1. The Morgan fingerprint density at radius 1 is 1.26 bits per heavy atom. The molecule has 2 aliphatic rings. The SMILES string of the molecule is N#Cc1cnc(Nc2cc(NC[C@H]3CNCCO3)c(OC3CC3)nn2)cn1. The summed E-state index contributed by atoms with van der Waals surface area (Å²) in [6.07, 6.45) is 5.25. The molecule has 0 aromatic carbocycles. The van der Waals surface area contributed by atoms with Gasteiger partial charge in [0.2, 0.25) is 0 Å². The zero-order valence-corrected chi connectivity index (χ0v) is 14.7. The second kappa shape index (κ2) is 8.11. The lowest BCUT2D eigenvalue weighted by Gasteiger charge is -2.24. The van der Waals surface area contributed by atoms with Crippen molar-refractivity contribution in [3.8, 4) is 11.9 Å². The van der Waals surface area contributed by atoms with Gasteiger partial charge in [-0.05, 0) is 12.8 Å². The molecule has 3 N–H and O–H groups in total. The minimum atomic E-state index is 0.0847. The number of hydrogen-bond acceptors (Lipinski definition) is 10. The quantitative estimate of drug-likeness (QED) is 0.646. The highest BCUT2D eigenvalue weighted by atomic mass is 16.5. The van der Waals surface area contributed by atoms with Crippen LogP contribution in [0.25, 0.3) is 0 Å². The Morgan fingerprint density at radius 3 is 2.89 bits per heavy atom. The molecule has 4 rings (SSSR count). The molecule has 1 atom stereocenters. The molecule has 0 amide bonds. The van der Waals surface area contributed by atoms with E-state index in [1.807, 2.05) is 12.1 Å². The fourth-order valence-electron chi connectivity index (χ4n) is 2.56. The van der Waals surface area contributed by atoms with Crippen LogP contribution in [0.1, 0.15) is 18.5 Å². The Hall–Kier alpha value is -3.03. The van der Waals surface area contributed by atoms with Crippen LogP contribution in [0.2, 0.25) is 0 Å². The van der Waals surface area contributed by atoms with Gasteiger partial charge in [-0.2, -0.15) is 5.26 Å². The van der Waals surface area contributed by atoms with Gasteiger partial charge in [0.1, 0.15) is 23.7 Å². The maximum absolute atomic E-state index is 8.80. The van der Waals surface area contributed by atoms with E-state index in [0.29, 0.717) is 30.7 Å². The first-order valence-corrected chi connectivity index (χ1v) is 8.90. The van der Waals surface area contributed by atoms with E-state index in [4.69, 9.17) is 14.7 Å². The van der Waals surface area contributed by atoms with E-state index in [1.165, 1.54) is 12.4 Å². The van der Waals surface area contributed by atoms with Gasteiger partial charge in [-0.3, -0.25) is 0 Å². The number of ether oxygens (including phenoxy) is 2. The van der Waals surface area contributed by atoms with Crippen molar-refractivity contribution in [2.45, 2.75) is 25.0 Å². The van der Waals surface area contributed by atoms with Gasteiger partial charge >= 0.3 is 0 Å². The third-order valence-corrected chi connectivity index (χ3v) is 4.11. The van der Waals surface area contributed by atoms with Crippen molar-refractivity contribution in [2.24, 2.45) is 0 Å². The molecule has 0 spiro atoms. The molecular weight excluding hydrogens is 348 g/mol. The molecule has 2 aromatic heterocycles. The van der Waals surface area contributed by atoms with Gasteiger partial charge in [0, 0.05) is 25.7 Å². The molecule has 10 heteroatoms. The lowest BCUT2D eigenvalue weighted by atomic mass is 10.3.